The Kier molecular flexibility index (Phi) is 4.90. The molecule has 7 heteroatoms. The van der Waals surface area contributed by atoms with E-state index in [2.05, 4.69) is 4.74 Å². The number of benzene rings is 1. The summed E-state index contributed by atoms with van der Waals surface area (Å²) in [7, 11) is 0. The minimum absolute atomic E-state index is 0.0588. The van der Waals surface area contributed by atoms with Gasteiger partial charge in [-0.2, -0.15) is 0 Å². The van der Waals surface area contributed by atoms with Crippen LogP contribution in [0.3, 0.4) is 0 Å². The van der Waals surface area contributed by atoms with Gasteiger partial charge >= 0.3 is 0 Å². The number of hydrogen-bond acceptors (Lipinski definition) is 4. The molecule has 0 aliphatic carbocycles. The predicted molar refractivity (Wildman–Crippen MR) is 60.1 cm³/mol. The monoisotopic (exact) mass is 287 g/mol. The summed E-state index contributed by atoms with van der Waals surface area (Å²) in [5.74, 6) is -7.53. The van der Waals surface area contributed by atoms with Crippen molar-refractivity contribution in [2.24, 2.45) is 0 Å². The lowest BCUT2D eigenvalue weighted by Gasteiger charge is -2.11. The molecule has 0 N–H and O–H groups in total. The average molecular weight is 287 g/mol. The summed E-state index contributed by atoms with van der Waals surface area (Å²) in [5.41, 5.74) is -2.49. The molecule has 0 radical (unpaired) electrons. The lowest BCUT2D eigenvalue weighted by molar-refractivity contribution is -0.298. The van der Waals surface area contributed by atoms with Crippen molar-refractivity contribution < 1.29 is 32.6 Å². The molecule has 0 aromatic heterocycles. The first-order valence-corrected chi connectivity index (χ1v) is 5.53. The van der Waals surface area contributed by atoms with Crippen LogP contribution in [0.15, 0.2) is 17.9 Å². The Balaban J connectivity index is 3.40. The van der Waals surface area contributed by atoms with Gasteiger partial charge in [0, 0.05) is 11.6 Å². The summed E-state index contributed by atoms with van der Waals surface area (Å²) in [6.07, 6.45) is 0.581. The fourth-order valence-electron chi connectivity index (χ4n) is 1.49. The first-order chi connectivity index (χ1) is 9.31. The molecule has 4 nitrogen and oxygen atoms in total. The zero-order chi connectivity index (χ0) is 15.4. The Labute approximate surface area is 112 Å². The van der Waals surface area contributed by atoms with Crippen molar-refractivity contribution in [3.8, 4) is 0 Å². The number of halogens is 3. The maximum atomic E-state index is 13.6. The number of ether oxygens (including phenoxy) is 1. The second-order valence-electron chi connectivity index (χ2n) is 3.76. The van der Waals surface area contributed by atoms with Crippen molar-refractivity contribution in [2.75, 3.05) is 6.61 Å². The van der Waals surface area contributed by atoms with Crippen LogP contribution in [0, 0.1) is 24.4 Å². The molecule has 0 atom stereocenters. The second kappa shape index (κ2) is 6.23. The molecule has 1 aromatic rings. The van der Waals surface area contributed by atoms with Gasteiger partial charge in [0.25, 0.3) is 0 Å². The normalized spacial score (nSPS) is 11.3. The number of Topliss-reactive ketones (excluding diaryl/α,β-unsaturated/α-hetero) is 1. The van der Waals surface area contributed by atoms with E-state index in [9.17, 15) is 27.9 Å². The molecule has 1 aromatic carbocycles. The number of carbonyl (C=O) groups excluding carboxylic acids is 2. The third-order valence-corrected chi connectivity index (χ3v) is 2.47. The molecule has 1 rings (SSSR count). The number of hydrogen-bond donors (Lipinski definition) is 0. The van der Waals surface area contributed by atoms with Crippen molar-refractivity contribution in [1.29, 1.82) is 0 Å². The smallest absolute Gasteiger partial charge is 0.201 e. The largest absolute Gasteiger partial charge is 0.545 e. The van der Waals surface area contributed by atoms with Gasteiger partial charge in [-0.3, -0.25) is 4.79 Å². The van der Waals surface area contributed by atoms with E-state index in [-0.39, 0.29) is 12.7 Å². The maximum Gasteiger partial charge on any atom is 0.201 e. The molecule has 0 amide bonds. The summed E-state index contributed by atoms with van der Waals surface area (Å²) in [6, 6.07) is 0.170. The Morgan fingerprint density at radius 1 is 1.30 bits per heavy atom. The molecule has 108 valence electrons. The highest BCUT2D eigenvalue weighted by atomic mass is 19.2. The molecule has 0 saturated carbocycles. The van der Waals surface area contributed by atoms with E-state index in [1.54, 1.807) is 0 Å². The van der Waals surface area contributed by atoms with Gasteiger partial charge in [-0.15, -0.1) is 0 Å². The van der Waals surface area contributed by atoms with Crippen molar-refractivity contribution in [3.63, 3.8) is 0 Å². The van der Waals surface area contributed by atoms with Crippen LogP contribution < -0.4 is 5.11 Å². The lowest BCUT2D eigenvalue weighted by Crippen LogP contribution is -2.30. The number of ketones is 1. The Morgan fingerprint density at radius 3 is 2.40 bits per heavy atom. The minimum Gasteiger partial charge on any atom is -0.545 e. The fraction of sp³-hybridized carbons (Fsp3) is 0.231. The van der Waals surface area contributed by atoms with Crippen LogP contribution in [0.4, 0.5) is 13.2 Å². The van der Waals surface area contributed by atoms with Crippen LogP contribution in [0.1, 0.15) is 22.8 Å². The fourth-order valence-corrected chi connectivity index (χ4v) is 1.49. The van der Waals surface area contributed by atoms with Crippen LogP contribution >= 0.6 is 0 Å². The SMILES string of the molecule is CCO/C=C(\C(=O)[O-])C(=O)c1c(F)cc(F)c(F)c1C. The van der Waals surface area contributed by atoms with Gasteiger partial charge in [-0.1, -0.05) is 0 Å². The highest BCUT2D eigenvalue weighted by Crippen LogP contribution is 2.22. The van der Waals surface area contributed by atoms with E-state index < -0.39 is 45.9 Å². The Bertz CT molecular complexity index is 594. The lowest BCUT2D eigenvalue weighted by atomic mass is 9.98. The van der Waals surface area contributed by atoms with Crippen LogP contribution in [-0.4, -0.2) is 18.4 Å². The first-order valence-electron chi connectivity index (χ1n) is 5.53. The molecule has 0 saturated heterocycles. The topological polar surface area (TPSA) is 66.4 Å². The van der Waals surface area contributed by atoms with Crippen molar-refractivity contribution >= 4 is 11.8 Å². The van der Waals surface area contributed by atoms with Crippen LogP contribution in [0.5, 0.6) is 0 Å². The molecule has 0 heterocycles. The number of carbonyl (C=O) groups is 2. The third-order valence-electron chi connectivity index (χ3n) is 2.47. The van der Waals surface area contributed by atoms with Crippen molar-refractivity contribution in [1.82, 2.24) is 0 Å². The molecule has 0 spiro atoms. The van der Waals surface area contributed by atoms with Crippen LogP contribution in [-0.2, 0) is 9.53 Å². The van der Waals surface area contributed by atoms with E-state index in [1.807, 2.05) is 0 Å². The van der Waals surface area contributed by atoms with Gasteiger partial charge in [-0.25, -0.2) is 13.2 Å². The van der Waals surface area contributed by atoms with E-state index in [0.717, 1.165) is 6.92 Å². The maximum absolute atomic E-state index is 13.6. The highest BCUT2D eigenvalue weighted by Gasteiger charge is 2.24. The van der Waals surface area contributed by atoms with Crippen LogP contribution in [0.25, 0.3) is 0 Å². The molecular weight excluding hydrogens is 277 g/mol. The number of carboxylic acid groups (broad SMARTS) is 1. The first kappa shape index (κ1) is 15.7. The Hall–Kier alpha value is -2.31. The highest BCUT2D eigenvalue weighted by molar-refractivity contribution is 6.23. The van der Waals surface area contributed by atoms with Gasteiger partial charge in [0.05, 0.1) is 30.0 Å². The summed E-state index contributed by atoms with van der Waals surface area (Å²) in [5, 5.41) is 10.8. The minimum atomic E-state index is -1.91. The number of rotatable bonds is 5. The van der Waals surface area contributed by atoms with Crippen molar-refractivity contribution in [2.45, 2.75) is 13.8 Å². The van der Waals surface area contributed by atoms with Gasteiger partial charge in [0.2, 0.25) is 5.78 Å². The third kappa shape index (κ3) is 2.98. The zero-order valence-corrected chi connectivity index (χ0v) is 10.6. The summed E-state index contributed by atoms with van der Waals surface area (Å²) in [4.78, 5) is 22.7. The van der Waals surface area contributed by atoms with E-state index in [1.165, 1.54) is 6.92 Å². The van der Waals surface area contributed by atoms with Gasteiger partial charge < -0.3 is 14.6 Å². The standard InChI is InChI=1S/C13H11F3O4/c1-3-20-5-7(13(18)19)12(17)10-6(2)11(16)9(15)4-8(10)14/h4-5H,3H2,1-2H3,(H,18,19)/p-1/b7-5-. The zero-order valence-electron chi connectivity index (χ0n) is 10.6. The molecule has 20 heavy (non-hydrogen) atoms. The van der Waals surface area contributed by atoms with Gasteiger partial charge in [0.1, 0.15) is 5.82 Å². The average Bonchev–Trinajstić information content (AvgIpc) is 2.36. The summed E-state index contributed by atoms with van der Waals surface area (Å²) < 4.78 is 44.5. The Morgan fingerprint density at radius 2 is 1.90 bits per heavy atom. The van der Waals surface area contributed by atoms with Gasteiger partial charge in [-0.05, 0) is 13.8 Å². The molecule has 0 aliphatic heterocycles. The van der Waals surface area contributed by atoms with Gasteiger partial charge in [0.15, 0.2) is 11.6 Å². The molecular formula is C13H10F3O4-. The van der Waals surface area contributed by atoms with E-state index in [0.29, 0.717) is 6.26 Å². The molecule has 0 unspecified atom stereocenters. The summed E-state index contributed by atoms with van der Waals surface area (Å²) >= 11 is 0. The number of aliphatic carboxylic acids is 1. The quantitative estimate of drug-likeness (QED) is 0.204. The summed E-state index contributed by atoms with van der Waals surface area (Å²) in [6.45, 7) is 2.54. The predicted octanol–water partition coefficient (Wildman–Crippen LogP) is 1.27. The van der Waals surface area contributed by atoms with Crippen molar-refractivity contribution in [3.05, 3.63) is 46.5 Å². The van der Waals surface area contributed by atoms with E-state index >= 15 is 0 Å². The molecule has 0 bridgehead atoms. The second-order valence-corrected chi connectivity index (χ2v) is 3.76. The molecule has 0 aliphatic rings. The molecule has 0 fully saturated rings. The van der Waals surface area contributed by atoms with Crippen LogP contribution in [0.2, 0.25) is 0 Å². The number of carboxylic acids is 1. The van der Waals surface area contributed by atoms with E-state index in [4.69, 9.17) is 0 Å².